The van der Waals surface area contributed by atoms with E-state index in [0.29, 0.717) is 0 Å². The summed E-state index contributed by atoms with van der Waals surface area (Å²) in [6.07, 6.45) is 4.53. The summed E-state index contributed by atoms with van der Waals surface area (Å²) in [6.45, 7) is 5.95. The molecular formula is C14H23O2PS. The molecule has 0 bridgehead atoms. The largest absolute Gasteiger partial charge is 0.326 e. The van der Waals surface area contributed by atoms with Crippen molar-refractivity contribution in [1.82, 2.24) is 0 Å². The van der Waals surface area contributed by atoms with E-state index in [-0.39, 0.29) is 0 Å². The topological polar surface area (TPSA) is 18.5 Å². The third-order valence-corrected chi connectivity index (χ3v) is 5.44. The molecule has 0 unspecified atom stereocenters. The average molecular weight is 286 g/mol. The summed E-state index contributed by atoms with van der Waals surface area (Å²) < 4.78 is 11.7. The van der Waals surface area contributed by atoms with Gasteiger partial charge in [-0.15, -0.1) is 0 Å². The number of benzene rings is 1. The SMILES string of the molecule is CCCCOP(OCCCC)Sc1ccccc1. The fraction of sp³-hybridized carbons (Fsp3) is 0.571. The molecular weight excluding hydrogens is 263 g/mol. The maximum Gasteiger partial charge on any atom is 0.243 e. The van der Waals surface area contributed by atoms with Crippen molar-refractivity contribution >= 4 is 19.0 Å². The third kappa shape index (κ3) is 7.38. The molecule has 0 aliphatic rings. The zero-order valence-electron chi connectivity index (χ0n) is 11.3. The highest BCUT2D eigenvalue weighted by Gasteiger charge is 2.12. The van der Waals surface area contributed by atoms with E-state index in [9.17, 15) is 0 Å². The molecule has 2 nitrogen and oxygen atoms in total. The van der Waals surface area contributed by atoms with Crippen LogP contribution in [0, 0.1) is 0 Å². The van der Waals surface area contributed by atoms with Gasteiger partial charge < -0.3 is 9.05 Å². The van der Waals surface area contributed by atoms with Crippen LogP contribution in [0.4, 0.5) is 0 Å². The Hall–Kier alpha value is -0.0800. The number of hydrogen-bond acceptors (Lipinski definition) is 3. The molecule has 0 aliphatic heterocycles. The summed E-state index contributed by atoms with van der Waals surface area (Å²) >= 11 is 1.71. The van der Waals surface area contributed by atoms with Crippen LogP contribution < -0.4 is 0 Å². The highest BCUT2D eigenvalue weighted by atomic mass is 32.7. The first-order valence-corrected chi connectivity index (χ1v) is 9.25. The number of hydrogen-bond donors (Lipinski definition) is 0. The van der Waals surface area contributed by atoms with Crippen LogP contribution in [0.2, 0.25) is 0 Å². The fourth-order valence-corrected chi connectivity index (χ4v) is 4.06. The van der Waals surface area contributed by atoms with Crippen LogP contribution in [-0.4, -0.2) is 13.2 Å². The van der Waals surface area contributed by atoms with Gasteiger partial charge in [0.25, 0.3) is 0 Å². The van der Waals surface area contributed by atoms with Crippen molar-refractivity contribution in [3.8, 4) is 0 Å². The highest BCUT2D eigenvalue weighted by Crippen LogP contribution is 2.55. The van der Waals surface area contributed by atoms with E-state index in [1.54, 1.807) is 11.4 Å². The van der Waals surface area contributed by atoms with Gasteiger partial charge in [-0.2, -0.15) is 0 Å². The van der Waals surface area contributed by atoms with Crippen molar-refractivity contribution < 1.29 is 9.05 Å². The first kappa shape index (κ1) is 16.0. The van der Waals surface area contributed by atoms with Crippen LogP contribution in [0.5, 0.6) is 0 Å². The van der Waals surface area contributed by atoms with Gasteiger partial charge in [0, 0.05) is 4.90 Å². The lowest BCUT2D eigenvalue weighted by atomic mass is 10.4. The Morgan fingerprint density at radius 3 is 2.00 bits per heavy atom. The molecule has 1 aromatic carbocycles. The molecule has 0 aromatic heterocycles. The molecule has 0 heterocycles. The van der Waals surface area contributed by atoms with Crippen molar-refractivity contribution in [3.05, 3.63) is 30.3 Å². The molecule has 0 N–H and O–H groups in total. The molecule has 0 aliphatic carbocycles. The minimum atomic E-state index is -0.843. The Morgan fingerprint density at radius 1 is 0.944 bits per heavy atom. The zero-order valence-corrected chi connectivity index (χ0v) is 13.0. The van der Waals surface area contributed by atoms with Crippen LogP contribution >= 0.6 is 19.0 Å². The molecule has 1 aromatic rings. The first-order chi connectivity index (χ1) is 8.86. The van der Waals surface area contributed by atoms with Crippen LogP contribution in [0.25, 0.3) is 0 Å². The monoisotopic (exact) mass is 286 g/mol. The molecule has 4 heteroatoms. The van der Waals surface area contributed by atoms with Crippen molar-refractivity contribution in [2.45, 2.75) is 44.4 Å². The summed E-state index contributed by atoms with van der Waals surface area (Å²) in [5.74, 6) is 0. The lowest BCUT2D eigenvalue weighted by molar-refractivity contribution is 0.255. The standard InChI is InChI=1S/C14H23O2PS/c1-3-5-12-15-17(16-13-6-4-2)18-14-10-8-7-9-11-14/h7-11H,3-6,12-13H2,1-2H3. The van der Waals surface area contributed by atoms with Gasteiger partial charge >= 0.3 is 0 Å². The van der Waals surface area contributed by atoms with Crippen LogP contribution in [0.1, 0.15) is 39.5 Å². The molecule has 0 radical (unpaired) electrons. The molecule has 18 heavy (non-hydrogen) atoms. The second-order valence-electron chi connectivity index (χ2n) is 4.00. The predicted molar refractivity (Wildman–Crippen MR) is 80.9 cm³/mol. The predicted octanol–water partition coefficient (Wildman–Crippen LogP) is 5.64. The molecule has 0 atom stereocenters. The van der Waals surface area contributed by atoms with Gasteiger partial charge in [-0.1, -0.05) is 44.9 Å². The molecule has 0 fully saturated rings. The summed E-state index contributed by atoms with van der Waals surface area (Å²) in [6, 6.07) is 10.3. The van der Waals surface area contributed by atoms with E-state index in [1.165, 1.54) is 4.90 Å². The quantitative estimate of drug-likeness (QED) is 0.409. The fourth-order valence-electron chi connectivity index (χ4n) is 1.22. The second-order valence-corrected chi connectivity index (χ2v) is 7.06. The van der Waals surface area contributed by atoms with Gasteiger partial charge in [0.05, 0.1) is 13.2 Å². The van der Waals surface area contributed by atoms with Gasteiger partial charge in [0.15, 0.2) is 0 Å². The highest BCUT2D eigenvalue weighted by molar-refractivity contribution is 8.52. The van der Waals surface area contributed by atoms with Gasteiger partial charge in [0.1, 0.15) is 0 Å². The van der Waals surface area contributed by atoms with E-state index in [0.717, 1.165) is 38.9 Å². The normalized spacial score (nSPS) is 11.1. The van der Waals surface area contributed by atoms with Crippen molar-refractivity contribution in [3.63, 3.8) is 0 Å². The van der Waals surface area contributed by atoms with Gasteiger partial charge in [-0.05, 0) is 36.4 Å². The maximum atomic E-state index is 5.84. The Balaban J connectivity index is 2.37. The van der Waals surface area contributed by atoms with E-state index in [4.69, 9.17) is 9.05 Å². The van der Waals surface area contributed by atoms with Gasteiger partial charge in [0.2, 0.25) is 7.58 Å². The van der Waals surface area contributed by atoms with E-state index < -0.39 is 7.58 Å². The molecule has 0 spiro atoms. The Kier molecular flexibility index (Phi) is 9.59. The second kappa shape index (κ2) is 10.8. The molecule has 102 valence electrons. The lowest BCUT2D eigenvalue weighted by Crippen LogP contribution is -1.93. The van der Waals surface area contributed by atoms with E-state index >= 15 is 0 Å². The Bertz CT molecular complexity index is 285. The lowest BCUT2D eigenvalue weighted by Gasteiger charge is -2.16. The Labute approximate surface area is 116 Å². The van der Waals surface area contributed by atoms with E-state index in [2.05, 4.69) is 26.0 Å². The zero-order chi connectivity index (χ0) is 13.1. The summed E-state index contributed by atoms with van der Waals surface area (Å²) in [4.78, 5) is 1.22. The molecule has 0 saturated carbocycles. The summed E-state index contributed by atoms with van der Waals surface area (Å²) in [7, 11) is -0.843. The smallest absolute Gasteiger partial charge is 0.243 e. The maximum absolute atomic E-state index is 5.84. The number of rotatable bonds is 10. The number of unbranched alkanes of at least 4 members (excludes halogenated alkanes) is 2. The molecule has 0 saturated heterocycles. The van der Waals surface area contributed by atoms with Crippen molar-refractivity contribution in [2.24, 2.45) is 0 Å². The van der Waals surface area contributed by atoms with Crippen LogP contribution in [-0.2, 0) is 9.05 Å². The Morgan fingerprint density at radius 2 is 1.50 bits per heavy atom. The van der Waals surface area contributed by atoms with E-state index in [1.807, 2.05) is 18.2 Å². The molecule has 1 rings (SSSR count). The third-order valence-electron chi connectivity index (χ3n) is 2.31. The van der Waals surface area contributed by atoms with Gasteiger partial charge in [-0.3, -0.25) is 0 Å². The average Bonchev–Trinajstić information content (AvgIpc) is 2.40. The van der Waals surface area contributed by atoms with Crippen LogP contribution in [0.3, 0.4) is 0 Å². The minimum Gasteiger partial charge on any atom is -0.326 e. The summed E-state index contributed by atoms with van der Waals surface area (Å²) in [5, 5.41) is 0. The van der Waals surface area contributed by atoms with Crippen molar-refractivity contribution in [1.29, 1.82) is 0 Å². The minimum absolute atomic E-state index is 0.800. The van der Waals surface area contributed by atoms with Gasteiger partial charge in [-0.25, -0.2) is 0 Å². The van der Waals surface area contributed by atoms with Crippen molar-refractivity contribution in [2.75, 3.05) is 13.2 Å². The molecule has 0 amide bonds. The van der Waals surface area contributed by atoms with Crippen LogP contribution in [0.15, 0.2) is 35.2 Å². The first-order valence-electron chi connectivity index (χ1n) is 6.65. The summed E-state index contributed by atoms with van der Waals surface area (Å²) in [5.41, 5.74) is 0.